The molecule has 1 aromatic heterocycles. The van der Waals surface area contributed by atoms with Crippen LogP contribution in [0.5, 0.6) is 0 Å². The topological polar surface area (TPSA) is 84.2 Å². The van der Waals surface area contributed by atoms with Gasteiger partial charge < -0.3 is 15.0 Å². The minimum Gasteiger partial charge on any atom is -0.481 e. The van der Waals surface area contributed by atoms with Crippen LogP contribution in [0, 0.1) is 5.41 Å². The fourth-order valence-corrected chi connectivity index (χ4v) is 1.92. The molecule has 0 atom stereocenters. The Hall–Kier alpha value is -1.85. The molecule has 6 heteroatoms. The molecule has 0 spiro atoms. The molecule has 0 aliphatic carbocycles. The van der Waals surface area contributed by atoms with Crippen LogP contribution in [-0.2, 0) is 23.1 Å². The Bertz CT molecular complexity index is 452. The molecule has 0 saturated heterocycles. The molecule has 1 heterocycles. The van der Waals surface area contributed by atoms with Crippen LogP contribution >= 0.6 is 0 Å². The Labute approximate surface area is 112 Å². The molecular weight excluding hydrogens is 246 g/mol. The van der Waals surface area contributed by atoms with Crippen molar-refractivity contribution in [1.82, 2.24) is 14.9 Å². The maximum Gasteiger partial charge on any atom is 0.303 e. The minimum absolute atomic E-state index is 0.0141. The number of aryl methyl sites for hydroxylation is 1. The largest absolute Gasteiger partial charge is 0.481 e. The fourth-order valence-electron chi connectivity index (χ4n) is 1.92. The molecule has 0 radical (unpaired) electrons. The summed E-state index contributed by atoms with van der Waals surface area (Å²) in [4.78, 5) is 26.5. The summed E-state index contributed by atoms with van der Waals surface area (Å²) in [5.41, 5.74) is -0.529. The SMILES string of the molecule is Cn1ccnc1CCNC(=O)CC(C)(C)CC(=O)O. The summed E-state index contributed by atoms with van der Waals surface area (Å²) in [6.45, 7) is 4.06. The third-order valence-corrected chi connectivity index (χ3v) is 2.86. The zero-order chi connectivity index (χ0) is 14.5. The monoisotopic (exact) mass is 267 g/mol. The highest BCUT2D eigenvalue weighted by molar-refractivity contribution is 5.77. The number of carboxylic acids is 1. The summed E-state index contributed by atoms with van der Waals surface area (Å²) in [5.74, 6) is -0.101. The van der Waals surface area contributed by atoms with Gasteiger partial charge in [-0.2, -0.15) is 0 Å². The van der Waals surface area contributed by atoms with E-state index in [1.54, 1.807) is 20.0 Å². The van der Waals surface area contributed by atoms with Gasteiger partial charge in [0.05, 0.1) is 6.42 Å². The summed E-state index contributed by atoms with van der Waals surface area (Å²) < 4.78 is 1.90. The molecule has 6 nitrogen and oxygen atoms in total. The first-order valence-corrected chi connectivity index (χ1v) is 6.25. The van der Waals surface area contributed by atoms with Crippen molar-refractivity contribution in [2.45, 2.75) is 33.1 Å². The molecule has 0 aromatic carbocycles. The lowest BCUT2D eigenvalue weighted by molar-refractivity contribution is -0.139. The molecule has 0 aliphatic rings. The van der Waals surface area contributed by atoms with Gasteiger partial charge in [0.25, 0.3) is 0 Å². The zero-order valence-electron chi connectivity index (χ0n) is 11.6. The Morgan fingerprint density at radius 3 is 2.63 bits per heavy atom. The normalized spacial score (nSPS) is 11.3. The first kappa shape index (κ1) is 15.2. The molecule has 0 fully saturated rings. The van der Waals surface area contributed by atoms with E-state index in [1.807, 2.05) is 17.8 Å². The van der Waals surface area contributed by atoms with Crippen molar-refractivity contribution in [1.29, 1.82) is 0 Å². The summed E-state index contributed by atoms with van der Waals surface area (Å²) in [7, 11) is 1.90. The highest BCUT2D eigenvalue weighted by atomic mass is 16.4. The third kappa shape index (κ3) is 5.54. The number of hydrogen-bond donors (Lipinski definition) is 2. The first-order valence-electron chi connectivity index (χ1n) is 6.25. The van der Waals surface area contributed by atoms with Gasteiger partial charge in [0, 0.05) is 38.8 Å². The maximum atomic E-state index is 11.7. The van der Waals surface area contributed by atoms with E-state index < -0.39 is 11.4 Å². The van der Waals surface area contributed by atoms with Crippen molar-refractivity contribution in [2.24, 2.45) is 12.5 Å². The Morgan fingerprint density at radius 2 is 2.11 bits per heavy atom. The lowest BCUT2D eigenvalue weighted by Crippen LogP contribution is -2.31. The van der Waals surface area contributed by atoms with Crippen molar-refractivity contribution in [3.05, 3.63) is 18.2 Å². The average Bonchev–Trinajstić information content (AvgIpc) is 2.61. The van der Waals surface area contributed by atoms with Gasteiger partial charge in [0.1, 0.15) is 5.82 Å². The number of nitrogens with zero attached hydrogens (tertiary/aromatic N) is 2. The number of rotatable bonds is 7. The summed E-state index contributed by atoms with van der Waals surface area (Å²) in [5, 5.41) is 11.5. The van der Waals surface area contributed by atoms with Crippen molar-refractivity contribution < 1.29 is 14.7 Å². The Balaban J connectivity index is 2.32. The first-order chi connectivity index (χ1) is 8.80. The standard InChI is InChI=1S/C13H21N3O3/c1-13(2,9-12(18)19)8-11(17)15-5-4-10-14-6-7-16(10)3/h6-7H,4-5,8-9H2,1-3H3,(H,15,17)(H,18,19). The highest BCUT2D eigenvalue weighted by Gasteiger charge is 2.24. The van der Waals surface area contributed by atoms with Crippen LogP contribution < -0.4 is 5.32 Å². The van der Waals surface area contributed by atoms with Gasteiger partial charge in [-0.1, -0.05) is 13.8 Å². The number of carbonyl (C=O) groups excluding carboxylic acids is 1. The van der Waals surface area contributed by atoms with Crippen LogP contribution in [-0.4, -0.2) is 33.1 Å². The van der Waals surface area contributed by atoms with E-state index in [2.05, 4.69) is 10.3 Å². The molecule has 0 aliphatic heterocycles. The lowest BCUT2D eigenvalue weighted by atomic mass is 9.85. The molecule has 0 bridgehead atoms. The fraction of sp³-hybridized carbons (Fsp3) is 0.615. The lowest BCUT2D eigenvalue weighted by Gasteiger charge is -2.21. The van der Waals surface area contributed by atoms with Gasteiger partial charge >= 0.3 is 5.97 Å². The molecule has 1 rings (SSSR count). The second-order valence-electron chi connectivity index (χ2n) is 5.47. The van der Waals surface area contributed by atoms with Crippen LogP contribution in [0.2, 0.25) is 0 Å². The summed E-state index contributed by atoms with van der Waals surface area (Å²) in [6, 6.07) is 0. The minimum atomic E-state index is -0.884. The van der Waals surface area contributed by atoms with E-state index in [-0.39, 0.29) is 18.7 Å². The Kier molecular flexibility index (Phi) is 5.09. The van der Waals surface area contributed by atoms with Gasteiger partial charge in [0.15, 0.2) is 0 Å². The van der Waals surface area contributed by atoms with E-state index in [1.165, 1.54) is 0 Å². The molecule has 19 heavy (non-hydrogen) atoms. The number of carbonyl (C=O) groups is 2. The van der Waals surface area contributed by atoms with Crippen LogP contribution in [0.3, 0.4) is 0 Å². The smallest absolute Gasteiger partial charge is 0.303 e. The van der Waals surface area contributed by atoms with Crippen molar-refractivity contribution in [2.75, 3.05) is 6.54 Å². The quantitative estimate of drug-likeness (QED) is 0.771. The second-order valence-corrected chi connectivity index (χ2v) is 5.47. The van der Waals surface area contributed by atoms with E-state index in [0.29, 0.717) is 13.0 Å². The van der Waals surface area contributed by atoms with E-state index in [0.717, 1.165) is 5.82 Å². The predicted octanol–water partition coefficient (Wildman–Crippen LogP) is 0.970. The molecule has 0 unspecified atom stereocenters. The number of imidazole rings is 1. The number of carboxylic acid groups (broad SMARTS) is 1. The number of aliphatic carboxylic acids is 1. The highest BCUT2D eigenvalue weighted by Crippen LogP contribution is 2.24. The number of hydrogen-bond acceptors (Lipinski definition) is 3. The summed E-state index contributed by atoms with van der Waals surface area (Å²) in [6.07, 6.45) is 4.43. The molecular formula is C13H21N3O3. The van der Waals surface area contributed by atoms with Crippen LogP contribution in [0.25, 0.3) is 0 Å². The van der Waals surface area contributed by atoms with Gasteiger partial charge in [-0.15, -0.1) is 0 Å². The van der Waals surface area contributed by atoms with E-state index in [9.17, 15) is 9.59 Å². The predicted molar refractivity (Wildman–Crippen MR) is 70.6 cm³/mol. The van der Waals surface area contributed by atoms with Crippen LogP contribution in [0.1, 0.15) is 32.5 Å². The van der Waals surface area contributed by atoms with Gasteiger partial charge in [-0.3, -0.25) is 9.59 Å². The van der Waals surface area contributed by atoms with Gasteiger partial charge in [-0.05, 0) is 5.41 Å². The van der Waals surface area contributed by atoms with Crippen molar-refractivity contribution in [3.63, 3.8) is 0 Å². The van der Waals surface area contributed by atoms with Crippen molar-refractivity contribution in [3.8, 4) is 0 Å². The van der Waals surface area contributed by atoms with E-state index >= 15 is 0 Å². The second kappa shape index (κ2) is 6.36. The molecule has 106 valence electrons. The van der Waals surface area contributed by atoms with E-state index in [4.69, 9.17) is 5.11 Å². The zero-order valence-corrected chi connectivity index (χ0v) is 11.6. The third-order valence-electron chi connectivity index (χ3n) is 2.86. The molecule has 0 saturated carbocycles. The van der Waals surface area contributed by atoms with Crippen LogP contribution in [0.4, 0.5) is 0 Å². The molecule has 2 N–H and O–H groups in total. The molecule has 1 aromatic rings. The Morgan fingerprint density at radius 1 is 1.42 bits per heavy atom. The number of amides is 1. The molecule has 1 amide bonds. The van der Waals surface area contributed by atoms with Crippen LogP contribution in [0.15, 0.2) is 12.4 Å². The summed E-state index contributed by atoms with van der Waals surface area (Å²) >= 11 is 0. The van der Waals surface area contributed by atoms with Crippen molar-refractivity contribution >= 4 is 11.9 Å². The van der Waals surface area contributed by atoms with Gasteiger partial charge in [-0.25, -0.2) is 4.98 Å². The maximum absolute atomic E-state index is 11.7. The number of aromatic nitrogens is 2. The van der Waals surface area contributed by atoms with Gasteiger partial charge in [0.2, 0.25) is 5.91 Å². The number of nitrogens with one attached hydrogen (secondary N) is 1. The average molecular weight is 267 g/mol.